The van der Waals surface area contributed by atoms with Gasteiger partial charge in [0.2, 0.25) is 0 Å². The van der Waals surface area contributed by atoms with Crippen LogP contribution in [0.2, 0.25) is 0 Å². The van der Waals surface area contributed by atoms with Crippen LogP contribution in [0.5, 0.6) is 0 Å². The highest BCUT2D eigenvalue weighted by atomic mass is 14.9. The van der Waals surface area contributed by atoms with Gasteiger partial charge in [0, 0.05) is 6.04 Å². The number of hydrogen-bond donors (Lipinski definition) is 1. The number of nitriles is 1. The van der Waals surface area contributed by atoms with Crippen LogP contribution < -0.4 is 5.32 Å². The molecule has 0 aliphatic rings. The van der Waals surface area contributed by atoms with Crippen molar-refractivity contribution in [3.63, 3.8) is 0 Å². The molecule has 2 nitrogen and oxygen atoms in total. The van der Waals surface area contributed by atoms with E-state index in [0.29, 0.717) is 12.0 Å². The Kier molecular flexibility index (Phi) is 5.74. The molecule has 1 atom stereocenters. The van der Waals surface area contributed by atoms with Gasteiger partial charge in [-0.1, -0.05) is 26.7 Å². The van der Waals surface area contributed by atoms with Gasteiger partial charge >= 0.3 is 0 Å². The Morgan fingerprint density at radius 2 is 1.75 bits per heavy atom. The van der Waals surface area contributed by atoms with Crippen molar-refractivity contribution in [1.82, 2.24) is 5.32 Å². The second-order valence-electron chi connectivity index (χ2n) is 3.50. The van der Waals surface area contributed by atoms with Gasteiger partial charge in [-0.3, -0.25) is 5.32 Å². The van der Waals surface area contributed by atoms with Crippen LogP contribution in [0.3, 0.4) is 0 Å². The molecule has 0 fully saturated rings. The minimum atomic E-state index is 0.0278. The third kappa shape index (κ3) is 3.73. The summed E-state index contributed by atoms with van der Waals surface area (Å²) in [5.41, 5.74) is 0. The zero-order valence-electron chi connectivity index (χ0n) is 8.59. The number of hydrogen-bond acceptors (Lipinski definition) is 2. The smallest absolute Gasteiger partial charge is 0.0983 e. The van der Waals surface area contributed by atoms with Crippen molar-refractivity contribution in [1.29, 1.82) is 5.26 Å². The maximum atomic E-state index is 8.90. The molecule has 70 valence electrons. The van der Waals surface area contributed by atoms with E-state index in [1.807, 2.05) is 0 Å². The molecule has 0 spiro atoms. The molecule has 0 aliphatic carbocycles. The molecule has 0 rings (SSSR count). The molecule has 0 aromatic rings. The van der Waals surface area contributed by atoms with Gasteiger partial charge in [-0.05, 0) is 19.8 Å². The molecular weight excluding hydrogens is 148 g/mol. The molecule has 0 aromatic heterocycles. The lowest BCUT2D eigenvalue weighted by Gasteiger charge is -2.22. The first-order chi connectivity index (χ1) is 5.65. The van der Waals surface area contributed by atoms with Gasteiger partial charge in [0.25, 0.3) is 0 Å². The van der Waals surface area contributed by atoms with Gasteiger partial charge in [0.05, 0.1) is 12.1 Å². The Morgan fingerprint density at radius 3 is 2.00 bits per heavy atom. The maximum absolute atomic E-state index is 8.90. The third-order valence-electron chi connectivity index (χ3n) is 2.17. The lowest BCUT2D eigenvalue weighted by atomic mass is 9.95. The Bertz CT molecular complexity index is 142. The van der Waals surface area contributed by atoms with Crippen molar-refractivity contribution in [3.05, 3.63) is 0 Å². The molecule has 0 bridgehead atoms. The van der Waals surface area contributed by atoms with Crippen LogP contribution >= 0.6 is 0 Å². The van der Waals surface area contributed by atoms with Gasteiger partial charge in [0.1, 0.15) is 0 Å². The van der Waals surface area contributed by atoms with Gasteiger partial charge in [-0.2, -0.15) is 5.26 Å². The van der Waals surface area contributed by atoms with E-state index in [2.05, 4.69) is 39.1 Å². The van der Waals surface area contributed by atoms with Crippen molar-refractivity contribution in [3.8, 4) is 6.07 Å². The monoisotopic (exact) mass is 168 g/mol. The van der Waals surface area contributed by atoms with Crippen LogP contribution in [0, 0.1) is 17.2 Å². The molecular formula is C10H20N2. The van der Waals surface area contributed by atoms with Crippen LogP contribution in [0.1, 0.15) is 40.5 Å². The Hall–Kier alpha value is -0.550. The minimum absolute atomic E-state index is 0.0278. The highest BCUT2D eigenvalue weighted by Gasteiger charge is 2.17. The lowest BCUT2D eigenvalue weighted by Crippen LogP contribution is -2.38. The predicted octanol–water partition coefficient (Wildman–Crippen LogP) is 2.31. The molecule has 1 N–H and O–H groups in total. The first-order valence-electron chi connectivity index (χ1n) is 4.81. The van der Waals surface area contributed by atoms with E-state index in [0.717, 1.165) is 12.8 Å². The molecule has 12 heavy (non-hydrogen) atoms. The predicted molar refractivity (Wildman–Crippen MR) is 51.7 cm³/mol. The van der Waals surface area contributed by atoms with Crippen molar-refractivity contribution >= 4 is 0 Å². The number of nitrogens with one attached hydrogen (secondary N) is 1. The van der Waals surface area contributed by atoms with E-state index in [-0.39, 0.29) is 6.04 Å². The first-order valence-corrected chi connectivity index (χ1v) is 4.81. The first kappa shape index (κ1) is 11.4. The van der Waals surface area contributed by atoms with Gasteiger partial charge < -0.3 is 0 Å². The molecule has 2 heteroatoms. The molecule has 0 aromatic carbocycles. The van der Waals surface area contributed by atoms with Crippen molar-refractivity contribution in [2.45, 2.75) is 52.6 Å². The van der Waals surface area contributed by atoms with E-state index in [9.17, 15) is 0 Å². The van der Waals surface area contributed by atoms with E-state index < -0.39 is 0 Å². The van der Waals surface area contributed by atoms with Crippen LogP contribution in [0.15, 0.2) is 0 Å². The fraction of sp³-hybridized carbons (Fsp3) is 0.900. The Morgan fingerprint density at radius 1 is 1.25 bits per heavy atom. The average Bonchev–Trinajstić information content (AvgIpc) is 2.04. The fourth-order valence-corrected chi connectivity index (χ4v) is 1.40. The fourth-order valence-electron chi connectivity index (χ4n) is 1.40. The Balaban J connectivity index is 4.04. The van der Waals surface area contributed by atoms with Crippen LogP contribution in [-0.4, -0.2) is 12.1 Å². The summed E-state index contributed by atoms with van der Waals surface area (Å²) in [5.74, 6) is 0.498. The highest BCUT2D eigenvalue weighted by molar-refractivity contribution is 4.94. The summed E-state index contributed by atoms with van der Waals surface area (Å²) < 4.78 is 0. The largest absolute Gasteiger partial charge is 0.299 e. The quantitative estimate of drug-likeness (QED) is 0.683. The van der Waals surface area contributed by atoms with Crippen molar-refractivity contribution in [2.24, 2.45) is 5.92 Å². The zero-order chi connectivity index (χ0) is 9.56. The normalized spacial score (nSPS) is 13.4. The summed E-state index contributed by atoms with van der Waals surface area (Å²) in [6, 6.07) is 2.75. The second-order valence-corrected chi connectivity index (χ2v) is 3.50. The van der Waals surface area contributed by atoms with Crippen LogP contribution in [0.25, 0.3) is 0 Å². The number of nitrogens with zero attached hydrogens (tertiary/aromatic N) is 1. The summed E-state index contributed by atoms with van der Waals surface area (Å²) in [6.07, 6.45) is 2.16. The summed E-state index contributed by atoms with van der Waals surface area (Å²) in [7, 11) is 0. The molecule has 0 radical (unpaired) electrons. The summed E-state index contributed by atoms with van der Waals surface area (Å²) in [4.78, 5) is 0. The molecule has 0 aliphatic heterocycles. The standard InChI is InChI=1S/C10H20N2/c1-5-9(6-2)10(7-11)12-8(3)4/h8-10,12H,5-6H2,1-4H3. The minimum Gasteiger partial charge on any atom is -0.299 e. The van der Waals surface area contributed by atoms with E-state index >= 15 is 0 Å². The van der Waals surface area contributed by atoms with Crippen LogP contribution in [0.4, 0.5) is 0 Å². The second kappa shape index (κ2) is 6.02. The van der Waals surface area contributed by atoms with Gasteiger partial charge in [-0.25, -0.2) is 0 Å². The summed E-state index contributed by atoms with van der Waals surface area (Å²) in [6.45, 7) is 8.43. The van der Waals surface area contributed by atoms with Gasteiger partial charge in [0.15, 0.2) is 0 Å². The van der Waals surface area contributed by atoms with Crippen molar-refractivity contribution in [2.75, 3.05) is 0 Å². The zero-order valence-corrected chi connectivity index (χ0v) is 8.59. The van der Waals surface area contributed by atoms with E-state index in [4.69, 9.17) is 5.26 Å². The highest BCUT2D eigenvalue weighted by Crippen LogP contribution is 2.12. The topological polar surface area (TPSA) is 35.8 Å². The third-order valence-corrected chi connectivity index (χ3v) is 2.17. The van der Waals surface area contributed by atoms with E-state index in [1.165, 1.54) is 0 Å². The average molecular weight is 168 g/mol. The summed E-state index contributed by atoms with van der Waals surface area (Å²) >= 11 is 0. The maximum Gasteiger partial charge on any atom is 0.0983 e. The molecule has 0 amide bonds. The number of rotatable bonds is 5. The molecule has 0 saturated carbocycles. The SMILES string of the molecule is CCC(CC)C(C#N)NC(C)C. The summed E-state index contributed by atoms with van der Waals surface area (Å²) in [5, 5.41) is 12.2. The van der Waals surface area contributed by atoms with E-state index in [1.54, 1.807) is 0 Å². The molecule has 0 heterocycles. The molecule has 0 saturated heterocycles. The van der Waals surface area contributed by atoms with Crippen molar-refractivity contribution < 1.29 is 0 Å². The van der Waals surface area contributed by atoms with Gasteiger partial charge in [-0.15, -0.1) is 0 Å². The molecule has 1 unspecified atom stereocenters. The van der Waals surface area contributed by atoms with Crippen LogP contribution in [-0.2, 0) is 0 Å². The Labute approximate surface area is 76.0 Å². The lowest BCUT2D eigenvalue weighted by molar-refractivity contribution is 0.368.